The highest BCUT2D eigenvalue weighted by Gasteiger charge is 2.34. The monoisotopic (exact) mass is 222 g/mol. The third kappa shape index (κ3) is 1.39. The maximum absolute atomic E-state index is 12.4. The summed E-state index contributed by atoms with van der Waals surface area (Å²) < 4.78 is 38.1. The van der Waals surface area contributed by atoms with Crippen molar-refractivity contribution in [1.82, 2.24) is 19.8 Å². The number of aromatic nitrogens is 4. The van der Waals surface area contributed by atoms with Crippen molar-refractivity contribution < 1.29 is 13.2 Å². The molecule has 2 heterocycles. The molecule has 0 spiro atoms. The third-order valence-corrected chi connectivity index (χ3v) is 1.73. The Balaban J connectivity index is 2.80. The smallest absolute Gasteiger partial charge is 0.198 e. The molecule has 0 aromatic carbocycles. The van der Waals surface area contributed by atoms with Crippen LogP contribution in [0.4, 0.5) is 13.2 Å². The fourth-order valence-electron chi connectivity index (χ4n) is 1.00. The molecule has 0 saturated heterocycles. The molecule has 2 aromatic heterocycles. The zero-order valence-electron chi connectivity index (χ0n) is 6.46. The predicted octanol–water partition coefficient (Wildman–Crippen LogP) is 1.80. The average molecular weight is 223 g/mol. The highest BCUT2D eigenvalue weighted by atomic mass is 35.5. The summed E-state index contributed by atoms with van der Waals surface area (Å²) in [7, 11) is 0. The molecule has 0 radical (unpaired) electrons. The second-order valence-corrected chi connectivity index (χ2v) is 2.86. The number of hydrogen-bond acceptors (Lipinski definition) is 3. The van der Waals surface area contributed by atoms with E-state index in [1.807, 2.05) is 0 Å². The third-order valence-electron chi connectivity index (χ3n) is 1.54. The lowest BCUT2D eigenvalue weighted by molar-refractivity contribution is -0.136. The lowest BCUT2D eigenvalue weighted by Gasteiger charge is -2.06. The molecule has 2 rings (SSSR count). The molecule has 14 heavy (non-hydrogen) atoms. The van der Waals surface area contributed by atoms with Gasteiger partial charge in [-0.1, -0.05) is 11.6 Å². The van der Waals surface area contributed by atoms with Crippen LogP contribution >= 0.6 is 11.6 Å². The molecule has 0 aliphatic rings. The summed E-state index contributed by atoms with van der Waals surface area (Å²) in [6.45, 7) is 0. The molecule has 4 nitrogen and oxygen atoms in total. The highest BCUT2D eigenvalue weighted by Crippen LogP contribution is 2.32. The Morgan fingerprint density at radius 2 is 2.07 bits per heavy atom. The van der Waals surface area contributed by atoms with E-state index in [-0.39, 0.29) is 10.8 Å². The van der Waals surface area contributed by atoms with Gasteiger partial charge in [-0.05, 0) is 6.07 Å². The molecule has 0 N–H and O–H groups in total. The van der Waals surface area contributed by atoms with Crippen LogP contribution in [0.2, 0.25) is 5.15 Å². The standard InChI is InChI=1S/C6H2ClF3N4/c7-4-1-3(6(8,9)10)5-12-11-2-14(5)13-4/h1-2H. The summed E-state index contributed by atoms with van der Waals surface area (Å²) in [6.07, 6.45) is -3.46. The van der Waals surface area contributed by atoms with Gasteiger partial charge in [0.2, 0.25) is 0 Å². The minimum Gasteiger partial charge on any atom is -0.198 e. The Bertz CT molecular complexity index is 477. The Kier molecular flexibility index (Phi) is 1.84. The van der Waals surface area contributed by atoms with Gasteiger partial charge in [0, 0.05) is 0 Å². The second kappa shape index (κ2) is 2.81. The quantitative estimate of drug-likeness (QED) is 0.683. The first-order chi connectivity index (χ1) is 6.48. The van der Waals surface area contributed by atoms with Crippen LogP contribution in [-0.2, 0) is 6.18 Å². The van der Waals surface area contributed by atoms with E-state index in [2.05, 4.69) is 15.3 Å². The predicted molar refractivity (Wildman–Crippen MR) is 40.8 cm³/mol. The van der Waals surface area contributed by atoms with Gasteiger partial charge in [0.05, 0.1) is 0 Å². The minimum atomic E-state index is -4.51. The van der Waals surface area contributed by atoms with Gasteiger partial charge in [0.15, 0.2) is 10.8 Å². The molecule has 0 aliphatic carbocycles. The van der Waals surface area contributed by atoms with Crippen LogP contribution in [0.5, 0.6) is 0 Å². The number of alkyl halides is 3. The van der Waals surface area contributed by atoms with Crippen molar-refractivity contribution in [2.45, 2.75) is 6.18 Å². The first-order valence-corrected chi connectivity index (χ1v) is 3.80. The van der Waals surface area contributed by atoms with Gasteiger partial charge in [-0.3, -0.25) is 0 Å². The largest absolute Gasteiger partial charge is 0.420 e. The van der Waals surface area contributed by atoms with Crippen LogP contribution in [0.25, 0.3) is 5.65 Å². The van der Waals surface area contributed by atoms with E-state index in [4.69, 9.17) is 11.6 Å². The van der Waals surface area contributed by atoms with E-state index in [1.165, 1.54) is 0 Å². The van der Waals surface area contributed by atoms with Crippen molar-refractivity contribution in [1.29, 1.82) is 0 Å². The Labute approximate surface area is 80.3 Å². The summed E-state index contributed by atoms with van der Waals surface area (Å²) >= 11 is 5.40. The maximum Gasteiger partial charge on any atom is 0.420 e. The summed E-state index contributed by atoms with van der Waals surface area (Å²) in [4.78, 5) is 0. The van der Waals surface area contributed by atoms with Crippen LogP contribution in [-0.4, -0.2) is 19.8 Å². The van der Waals surface area contributed by atoms with E-state index >= 15 is 0 Å². The SMILES string of the molecule is FC(F)(F)c1cc(Cl)nn2cnnc12. The van der Waals surface area contributed by atoms with Crippen molar-refractivity contribution in [2.75, 3.05) is 0 Å². The fourth-order valence-corrected chi connectivity index (χ4v) is 1.19. The molecule has 0 amide bonds. The maximum atomic E-state index is 12.4. The fraction of sp³-hybridized carbons (Fsp3) is 0.167. The van der Waals surface area contributed by atoms with Gasteiger partial charge in [-0.15, -0.1) is 10.2 Å². The normalized spacial score (nSPS) is 12.3. The molecular formula is C6H2ClF3N4. The van der Waals surface area contributed by atoms with Crippen LogP contribution < -0.4 is 0 Å². The van der Waals surface area contributed by atoms with Gasteiger partial charge in [0.1, 0.15) is 11.9 Å². The first kappa shape index (κ1) is 9.20. The van der Waals surface area contributed by atoms with E-state index in [9.17, 15) is 13.2 Å². The summed E-state index contributed by atoms with van der Waals surface area (Å²) in [6, 6.07) is 0.714. The number of rotatable bonds is 0. The molecule has 0 bridgehead atoms. The molecular weight excluding hydrogens is 221 g/mol. The molecule has 2 aromatic rings. The zero-order valence-corrected chi connectivity index (χ0v) is 7.21. The molecule has 0 aliphatic heterocycles. The molecule has 0 saturated carbocycles. The van der Waals surface area contributed by atoms with Gasteiger partial charge < -0.3 is 0 Å². The summed E-state index contributed by atoms with van der Waals surface area (Å²) in [5, 5.41) is 9.91. The van der Waals surface area contributed by atoms with Crippen molar-refractivity contribution >= 4 is 17.2 Å². The Hall–Kier alpha value is -1.37. The van der Waals surface area contributed by atoms with Crippen molar-refractivity contribution in [3.8, 4) is 0 Å². The van der Waals surface area contributed by atoms with E-state index in [0.29, 0.717) is 6.07 Å². The van der Waals surface area contributed by atoms with Crippen LogP contribution in [0.3, 0.4) is 0 Å². The zero-order chi connectivity index (χ0) is 10.3. The molecule has 8 heteroatoms. The van der Waals surface area contributed by atoms with Gasteiger partial charge in [-0.2, -0.15) is 22.8 Å². The van der Waals surface area contributed by atoms with Crippen molar-refractivity contribution in [2.24, 2.45) is 0 Å². The summed E-state index contributed by atoms with van der Waals surface area (Å²) in [5.41, 5.74) is -1.31. The van der Waals surface area contributed by atoms with Crippen LogP contribution in [0.1, 0.15) is 5.56 Å². The molecule has 0 atom stereocenters. The highest BCUT2D eigenvalue weighted by molar-refractivity contribution is 6.29. The number of nitrogens with zero attached hydrogens (tertiary/aromatic N) is 4. The molecule has 74 valence electrons. The summed E-state index contributed by atoms with van der Waals surface area (Å²) in [5.74, 6) is 0. The van der Waals surface area contributed by atoms with E-state index in [0.717, 1.165) is 10.8 Å². The second-order valence-electron chi connectivity index (χ2n) is 2.48. The number of hydrogen-bond donors (Lipinski definition) is 0. The lowest BCUT2D eigenvalue weighted by atomic mass is 10.3. The lowest BCUT2D eigenvalue weighted by Crippen LogP contribution is -2.09. The Morgan fingerprint density at radius 1 is 1.36 bits per heavy atom. The van der Waals surface area contributed by atoms with Crippen LogP contribution in [0, 0.1) is 0 Å². The first-order valence-electron chi connectivity index (χ1n) is 3.42. The van der Waals surface area contributed by atoms with Crippen molar-refractivity contribution in [3.05, 3.63) is 23.1 Å². The van der Waals surface area contributed by atoms with Gasteiger partial charge >= 0.3 is 6.18 Å². The van der Waals surface area contributed by atoms with E-state index in [1.54, 1.807) is 0 Å². The van der Waals surface area contributed by atoms with Gasteiger partial charge in [0.25, 0.3) is 0 Å². The topological polar surface area (TPSA) is 43.1 Å². The van der Waals surface area contributed by atoms with Crippen LogP contribution in [0.15, 0.2) is 12.4 Å². The van der Waals surface area contributed by atoms with E-state index < -0.39 is 11.7 Å². The number of halogens is 4. The molecule has 0 unspecified atom stereocenters. The molecule has 0 fully saturated rings. The van der Waals surface area contributed by atoms with Gasteiger partial charge in [-0.25, -0.2) is 0 Å². The number of fused-ring (bicyclic) bond motifs is 1. The average Bonchev–Trinajstić information content (AvgIpc) is 2.47. The Morgan fingerprint density at radius 3 is 2.71 bits per heavy atom. The minimum absolute atomic E-state index is 0.260. The van der Waals surface area contributed by atoms with Crippen molar-refractivity contribution in [3.63, 3.8) is 0 Å².